The van der Waals surface area contributed by atoms with Gasteiger partial charge in [-0.05, 0) is 24.1 Å². The Morgan fingerprint density at radius 2 is 1.74 bits per heavy atom. The summed E-state index contributed by atoms with van der Waals surface area (Å²) < 4.78 is 40.3. The number of fused-ring (bicyclic) bond motifs is 1. The zero-order chi connectivity index (χ0) is 19.6. The Morgan fingerprint density at radius 1 is 1.04 bits per heavy atom. The van der Waals surface area contributed by atoms with Crippen LogP contribution in [0.5, 0.6) is 0 Å². The molecule has 7 heteroatoms. The predicted octanol–water partition coefficient (Wildman–Crippen LogP) is 4.59. The third kappa shape index (κ3) is 3.86. The average Bonchev–Trinajstić information content (AvgIpc) is 2.99. The van der Waals surface area contributed by atoms with E-state index in [1.807, 2.05) is 6.92 Å². The molecule has 0 aliphatic heterocycles. The third-order valence-corrected chi connectivity index (χ3v) is 4.24. The van der Waals surface area contributed by atoms with E-state index in [1.54, 1.807) is 42.5 Å². The van der Waals surface area contributed by atoms with Crippen LogP contribution in [0.2, 0.25) is 0 Å². The van der Waals surface area contributed by atoms with Gasteiger partial charge in [0.25, 0.3) is 5.78 Å². The van der Waals surface area contributed by atoms with Crippen molar-refractivity contribution in [3.63, 3.8) is 0 Å². The van der Waals surface area contributed by atoms with Crippen LogP contribution in [0.25, 0.3) is 10.9 Å². The summed E-state index contributed by atoms with van der Waals surface area (Å²) >= 11 is 0. The molecule has 2 aromatic carbocycles. The van der Waals surface area contributed by atoms with E-state index in [0.29, 0.717) is 17.6 Å². The second-order valence-corrected chi connectivity index (χ2v) is 6.08. The van der Waals surface area contributed by atoms with Crippen molar-refractivity contribution < 1.29 is 22.8 Å². The number of amides is 1. The van der Waals surface area contributed by atoms with Gasteiger partial charge in [0.15, 0.2) is 0 Å². The summed E-state index contributed by atoms with van der Waals surface area (Å²) in [6, 6.07) is 13.6. The number of para-hydroxylation sites is 2. The second-order valence-electron chi connectivity index (χ2n) is 6.08. The minimum atomic E-state index is -4.98. The maximum absolute atomic E-state index is 13.0. The molecule has 1 amide bonds. The molecule has 0 bridgehead atoms. The number of nitrogens with zero attached hydrogens (tertiary/aromatic N) is 1. The highest BCUT2D eigenvalue weighted by molar-refractivity contribution is 6.11. The van der Waals surface area contributed by atoms with Gasteiger partial charge in [0.05, 0.1) is 11.1 Å². The number of benzene rings is 2. The lowest BCUT2D eigenvalue weighted by Crippen LogP contribution is -2.22. The molecule has 0 spiro atoms. The fraction of sp³-hybridized carbons (Fsp3) is 0.200. The minimum Gasteiger partial charge on any atom is -0.337 e. The molecule has 1 heterocycles. The summed E-state index contributed by atoms with van der Waals surface area (Å²) in [7, 11) is 0. The number of anilines is 1. The zero-order valence-corrected chi connectivity index (χ0v) is 14.5. The quantitative estimate of drug-likeness (QED) is 0.664. The first kappa shape index (κ1) is 18.7. The van der Waals surface area contributed by atoms with Gasteiger partial charge in [-0.1, -0.05) is 43.3 Å². The number of carbonyl (C=O) groups excluding carboxylic acids is 2. The average molecular weight is 374 g/mol. The highest BCUT2D eigenvalue weighted by Crippen LogP contribution is 2.30. The molecule has 0 fully saturated rings. The first-order valence-corrected chi connectivity index (χ1v) is 8.38. The van der Waals surface area contributed by atoms with E-state index in [9.17, 15) is 22.8 Å². The van der Waals surface area contributed by atoms with Gasteiger partial charge in [0.2, 0.25) is 5.91 Å². The van der Waals surface area contributed by atoms with Gasteiger partial charge >= 0.3 is 6.18 Å². The SMILES string of the molecule is CCc1cccc2c(C(=O)C(F)(F)F)cn(CC(=O)Nc3ccccc3)c12. The van der Waals surface area contributed by atoms with E-state index < -0.39 is 23.4 Å². The van der Waals surface area contributed by atoms with E-state index in [2.05, 4.69) is 5.32 Å². The summed E-state index contributed by atoms with van der Waals surface area (Å²) in [6.07, 6.45) is -3.31. The summed E-state index contributed by atoms with van der Waals surface area (Å²) in [6.45, 7) is 1.66. The van der Waals surface area contributed by atoms with Crippen molar-refractivity contribution in [2.24, 2.45) is 0 Å². The van der Waals surface area contributed by atoms with Crippen LogP contribution in [0.1, 0.15) is 22.8 Å². The normalized spacial score (nSPS) is 11.6. The van der Waals surface area contributed by atoms with Crippen LogP contribution in [-0.2, 0) is 17.8 Å². The van der Waals surface area contributed by atoms with Crippen molar-refractivity contribution in [1.82, 2.24) is 4.57 Å². The van der Waals surface area contributed by atoms with Crippen LogP contribution in [0.4, 0.5) is 18.9 Å². The van der Waals surface area contributed by atoms with E-state index in [1.165, 1.54) is 10.6 Å². The molecule has 3 aromatic rings. The van der Waals surface area contributed by atoms with Crippen molar-refractivity contribution >= 4 is 28.3 Å². The fourth-order valence-electron chi connectivity index (χ4n) is 3.06. The number of aryl methyl sites for hydroxylation is 1. The number of alkyl halides is 3. The summed E-state index contributed by atoms with van der Waals surface area (Å²) in [5, 5.41) is 2.89. The lowest BCUT2D eigenvalue weighted by Gasteiger charge is -2.09. The molecule has 0 saturated carbocycles. The van der Waals surface area contributed by atoms with Crippen molar-refractivity contribution in [3.8, 4) is 0 Å². The Hall–Kier alpha value is -3.09. The van der Waals surface area contributed by atoms with Crippen molar-refractivity contribution in [3.05, 3.63) is 65.9 Å². The maximum atomic E-state index is 13.0. The van der Waals surface area contributed by atoms with Gasteiger partial charge in [0.1, 0.15) is 6.54 Å². The number of rotatable bonds is 5. The van der Waals surface area contributed by atoms with Gasteiger partial charge in [-0.2, -0.15) is 13.2 Å². The number of hydrogen-bond donors (Lipinski definition) is 1. The summed E-state index contributed by atoms with van der Waals surface area (Å²) in [5.41, 5.74) is 1.37. The Labute approximate surface area is 153 Å². The molecule has 0 aliphatic carbocycles. The molecule has 0 unspecified atom stereocenters. The Balaban J connectivity index is 2.01. The van der Waals surface area contributed by atoms with E-state index in [0.717, 1.165) is 11.8 Å². The molecular formula is C20H17F3N2O2. The van der Waals surface area contributed by atoms with Gasteiger partial charge in [-0.3, -0.25) is 9.59 Å². The van der Waals surface area contributed by atoms with Crippen LogP contribution in [0.15, 0.2) is 54.7 Å². The molecule has 0 atom stereocenters. The number of aromatic nitrogens is 1. The monoisotopic (exact) mass is 374 g/mol. The molecule has 0 saturated heterocycles. The van der Waals surface area contributed by atoms with Crippen LogP contribution < -0.4 is 5.32 Å². The van der Waals surface area contributed by atoms with Gasteiger partial charge < -0.3 is 9.88 Å². The van der Waals surface area contributed by atoms with Crippen LogP contribution in [-0.4, -0.2) is 22.4 Å². The Morgan fingerprint density at radius 3 is 2.37 bits per heavy atom. The first-order valence-electron chi connectivity index (χ1n) is 8.38. The lowest BCUT2D eigenvalue weighted by molar-refractivity contribution is -0.116. The van der Waals surface area contributed by atoms with Crippen molar-refractivity contribution in [2.45, 2.75) is 26.1 Å². The number of nitrogens with one attached hydrogen (secondary N) is 1. The van der Waals surface area contributed by atoms with Crippen LogP contribution >= 0.6 is 0 Å². The molecule has 27 heavy (non-hydrogen) atoms. The van der Waals surface area contributed by atoms with Gasteiger partial charge in [0, 0.05) is 17.3 Å². The molecule has 3 rings (SSSR count). The zero-order valence-electron chi connectivity index (χ0n) is 14.5. The molecule has 4 nitrogen and oxygen atoms in total. The molecular weight excluding hydrogens is 357 g/mol. The van der Waals surface area contributed by atoms with Gasteiger partial charge in [-0.25, -0.2) is 0 Å². The fourth-order valence-corrected chi connectivity index (χ4v) is 3.06. The molecule has 0 aliphatic rings. The molecule has 0 radical (unpaired) electrons. The number of Topliss-reactive ketones (excluding diaryl/α,β-unsaturated/α-hetero) is 1. The number of carbonyl (C=O) groups is 2. The molecule has 1 N–H and O–H groups in total. The van der Waals surface area contributed by atoms with Crippen molar-refractivity contribution in [1.29, 1.82) is 0 Å². The van der Waals surface area contributed by atoms with E-state index >= 15 is 0 Å². The standard InChI is InChI=1S/C20H17F3N2O2/c1-2-13-7-6-10-15-16(19(27)20(21,22)23)11-25(18(13)15)12-17(26)24-14-8-4-3-5-9-14/h3-11H,2,12H2,1H3,(H,24,26). The van der Waals surface area contributed by atoms with Gasteiger partial charge in [-0.15, -0.1) is 0 Å². The van der Waals surface area contributed by atoms with Crippen LogP contribution in [0, 0.1) is 0 Å². The predicted molar refractivity (Wildman–Crippen MR) is 96.8 cm³/mol. The van der Waals surface area contributed by atoms with Crippen molar-refractivity contribution in [2.75, 3.05) is 5.32 Å². The van der Waals surface area contributed by atoms with E-state index in [4.69, 9.17) is 0 Å². The highest BCUT2D eigenvalue weighted by atomic mass is 19.4. The topological polar surface area (TPSA) is 51.1 Å². The van der Waals surface area contributed by atoms with Crippen LogP contribution in [0.3, 0.4) is 0 Å². The second kappa shape index (κ2) is 7.26. The Bertz CT molecular complexity index is 992. The summed E-state index contributed by atoms with van der Waals surface area (Å²) in [5.74, 6) is -2.31. The molecule has 140 valence electrons. The third-order valence-electron chi connectivity index (χ3n) is 4.24. The van der Waals surface area contributed by atoms with E-state index in [-0.39, 0.29) is 11.9 Å². The minimum absolute atomic E-state index is 0.198. The highest BCUT2D eigenvalue weighted by Gasteiger charge is 2.41. The number of halogens is 3. The largest absolute Gasteiger partial charge is 0.454 e. The number of hydrogen-bond acceptors (Lipinski definition) is 2. The number of ketones is 1. The lowest BCUT2D eigenvalue weighted by atomic mass is 10.0. The first-order chi connectivity index (χ1) is 12.8. The molecule has 1 aromatic heterocycles. The maximum Gasteiger partial charge on any atom is 0.454 e. The Kier molecular flexibility index (Phi) is 5.03. The smallest absolute Gasteiger partial charge is 0.337 e. The summed E-state index contributed by atoms with van der Waals surface area (Å²) in [4.78, 5) is 24.2.